The van der Waals surface area contributed by atoms with E-state index in [2.05, 4.69) is 36.1 Å². The molecule has 5 heteroatoms. The van der Waals surface area contributed by atoms with Gasteiger partial charge in [-0.3, -0.25) is 9.69 Å². The smallest absolute Gasteiger partial charge is 0.273 e. The summed E-state index contributed by atoms with van der Waals surface area (Å²) < 4.78 is 5.24. The zero-order chi connectivity index (χ0) is 14.3. The lowest BCUT2D eigenvalue weighted by Gasteiger charge is -2.20. The average molecular weight is 277 g/mol. The van der Waals surface area contributed by atoms with E-state index in [0.29, 0.717) is 23.6 Å². The monoisotopic (exact) mass is 277 g/mol. The number of nitrogens with zero attached hydrogens (tertiary/aromatic N) is 2. The van der Waals surface area contributed by atoms with Gasteiger partial charge in [-0.2, -0.15) is 0 Å². The number of aromatic nitrogens is 1. The van der Waals surface area contributed by atoms with Crippen molar-refractivity contribution in [2.24, 2.45) is 5.92 Å². The Hall–Kier alpha value is -1.36. The molecule has 2 unspecified atom stereocenters. The lowest BCUT2D eigenvalue weighted by Crippen LogP contribution is -2.40. The maximum atomic E-state index is 12.2. The van der Waals surface area contributed by atoms with Crippen LogP contribution < -0.4 is 5.32 Å². The van der Waals surface area contributed by atoms with Crippen molar-refractivity contribution in [1.29, 1.82) is 0 Å². The number of carbonyl (C=O) groups excluding carboxylic acids is 1. The van der Waals surface area contributed by atoms with Crippen LogP contribution >= 0.6 is 0 Å². The van der Waals surface area contributed by atoms with Crippen molar-refractivity contribution in [3.8, 4) is 0 Å². The fourth-order valence-electron chi connectivity index (χ4n) is 2.81. The summed E-state index contributed by atoms with van der Waals surface area (Å²) in [6.45, 7) is 8.52. The van der Waals surface area contributed by atoms with Gasteiger partial charge in [-0.05, 0) is 32.6 Å². The molecule has 1 aliphatic heterocycles. The summed E-state index contributed by atoms with van der Waals surface area (Å²) >= 11 is 0. The Morgan fingerprint density at radius 3 is 2.80 bits per heavy atom. The number of likely N-dealkylation sites (tertiary alicyclic amines) is 1. The van der Waals surface area contributed by atoms with Gasteiger partial charge in [-0.25, -0.2) is 0 Å². The molecule has 110 valence electrons. The predicted molar refractivity (Wildman–Crippen MR) is 75.6 cm³/mol. The van der Waals surface area contributed by atoms with Gasteiger partial charge in [0.25, 0.3) is 5.91 Å². The second kappa shape index (κ2) is 5.20. The van der Waals surface area contributed by atoms with E-state index in [1.54, 1.807) is 6.07 Å². The average Bonchev–Trinajstić information content (AvgIpc) is 3.01. The highest BCUT2D eigenvalue weighted by Crippen LogP contribution is 2.40. The lowest BCUT2D eigenvalue weighted by atomic mass is 10.1. The third-order valence-electron chi connectivity index (χ3n) is 4.43. The molecule has 1 saturated carbocycles. The van der Waals surface area contributed by atoms with Crippen molar-refractivity contribution < 1.29 is 9.32 Å². The number of amides is 1. The van der Waals surface area contributed by atoms with E-state index in [0.717, 1.165) is 31.7 Å². The maximum Gasteiger partial charge on any atom is 0.273 e. The van der Waals surface area contributed by atoms with E-state index in [1.165, 1.54) is 0 Å². The number of nitrogens with one attached hydrogen (secondary N) is 1. The van der Waals surface area contributed by atoms with E-state index in [1.807, 2.05) is 0 Å². The van der Waals surface area contributed by atoms with Crippen LogP contribution in [0.25, 0.3) is 0 Å². The molecule has 2 atom stereocenters. The molecular weight excluding hydrogens is 254 g/mol. The minimum absolute atomic E-state index is 0.108. The first-order valence-electron chi connectivity index (χ1n) is 7.56. The van der Waals surface area contributed by atoms with E-state index >= 15 is 0 Å². The number of hydrogen-bond acceptors (Lipinski definition) is 4. The molecule has 0 aromatic carbocycles. The predicted octanol–water partition coefficient (Wildman–Crippen LogP) is 2.01. The minimum Gasteiger partial charge on any atom is -0.360 e. The first-order valence-corrected chi connectivity index (χ1v) is 7.56. The Bertz CT molecular complexity index is 493. The normalized spacial score (nSPS) is 27.2. The van der Waals surface area contributed by atoms with Crippen LogP contribution in [0.2, 0.25) is 0 Å². The summed E-state index contributed by atoms with van der Waals surface area (Å²) in [6.07, 6.45) is 2.30. The standard InChI is InChI=1S/C15H23N3O2/c1-9(2)18-7-10(3)13(8-18)16-15(19)12-6-14(20-17-12)11-4-5-11/h6,9-11,13H,4-5,7-8H2,1-3H3,(H,16,19). The summed E-state index contributed by atoms with van der Waals surface area (Å²) in [5.41, 5.74) is 0.419. The van der Waals surface area contributed by atoms with Crippen LogP contribution in [-0.2, 0) is 0 Å². The fourth-order valence-corrected chi connectivity index (χ4v) is 2.81. The molecule has 0 bridgehead atoms. The number of hydrogen-bond donors (Lipinski definition) is 1. The van der Waals surface area contributed by atoms with Gasteiger partial charge < -0.3 is 9.84 Å². The molecular formula is C15H23N3O2. The van der Waals surface area contributed by atoms with Crippen LogP contribution in [0.1, 0.15) is 55.8 Å². The molecule has 1 aromatic heterocycles. The zero-order valence-electron chi connectivity index (χ0n) is 12.4. The van der Waals surface area contributed by atoms with Gasteiger partial charge in [0.1, 0.15) is 5.76 Å². The van der Waals surface area contributed by atoms with Gasteiger partial charge in [-0.1, -0.05) is 12.1 Å². The molecule has 0 radical (unpaired) electrons. The Morgan fingerprint density at radius 2 is 2.20 bits per heavy atom. The molecule has 0 spiro atoms. The molecule has 2 fully saturated rings. The third-order valence-corrected chi connectivity index (χ3v) is 4.43. The molecule has 2 aliphatic rings. The highest BCUT2D eigenvalue weighted by Gasteiger charge is 2.33. The summed E-state index contributed by atoms with van der Waals surface area (Å²) in [6, 6.07) is 2.52. The Balaban J connectivity index is 1.60. The van der Waals surface area contributed by atoms with E-state index in [-0.39, 0.29) is 11.9 Å². The van der Waals surface area contributed by atoms with Crippen molar-refractivity contribution in [2.45, 2.75) is 51.6 Å². The van der Waals surface area contributed by atoms with Crippen molar-refractivity contribution in [2.75, 3.05) is 13.1 Å². The van der Waals surface area contributed by atoms with Crippen molar-refractivity contribution in [3.63, 3.8) is 0 Å². The van der Waals surface area contributed by atoms with Crippen LogP contribution in [0.4, 0.5) is 0 Å². The molecule has 3 rings (SSSR count). The van der Waals surface area contributed by atoms with E-state index < -0.39 is 0 Å². The minimum atomic E-state index is -0.108. The first-order chi connectivity index (χ1) is 9.54. The van der Waals surface area contributed by atoms with Gasteiger partial charge in [-0.15, -0.1) is 0 Å². The summed E-state index contributed by atoms with van der Waals surface area (Å²) in [4.78, 5) is 14.6. The van der Waals surface area contributed by atoms with Crippen LogP contribution in [-0.4, -0.2) is 41.1 Å². The molecule has 1 aliphatic carbocycles. The Labute approximate surface area is 119 Å². The van der Waals surface area contributed by atoms with E-state index in [9.17, 15) is 4.79 Å². The highest BCUT2D eigenvalue weighted by molar-refractivity contribution is 5.92. The quantitative estimate of drug-likeness (QED) is 0.914. The highest BCUT2D eigenvalue weighted by atomic mass is 16.5. The second-order valence-electron chi connectivity index (χ2n) is 6.49. The maximum absolute atomic E-state index is 12.2. The van der Waals surface area contributed by atoms with Crippen LogP contribution in [0.5, 0.6) is 0 Å². The topological polar surface area (TPSA) is 58.4 Å². The summed E-state index contributed by atoms with van der Waals surface area (Å²) in [7, 11) is 0. The lowest BCUT2D eigenvalue weighted by molar-refractivity contribution is 0.0921. The Morgan fingerprint density at radius 1 is 1.45 bits per heavy atom. The fraction of sp³-hybridized carbons (Fsp3) is 0.733. The third kappa shape index (κ3) is 2.73. The summed E-state index contributed by atoms with van der Waals surface area (Å²) in [5, 5.41) is 7.00. The Kier molecular flexibility index (Phi) is 3.54. The molecule has 1 saturated heterocycles. The van der Waals surface area contributed by atoms with Gasteiger partial charge >= 0.3 is 0 Å². The van der Waals surface area contributed by atoms with Crippen LogP contribution in [0.3, 0.4) is 0 Å². The van der Waals surface area contributed by atoms with Crippen LogP contribution in [0.15, 0.2) is 10.6 Å². The molecule has 1 aromatic rings. The first kappa shape index (κ1) is 13.6. The van der Waals surface area contributed by atoms with Gasteiger partial charge in [0.05, 0.1) is 0 Å². The van der Waals surface area contributed by atoms with E-state index in [4.69, 9.17) is 4.52 Å². The number of carbonyl (C=O) groups is 1. The molecule has 5 nitrogen and oxygen atoms in total. The van der Waals surface area contributed by atoms with Gasteiger partial charge in [0.15, 0.2) is 5.69 Å². The molecule has 20 heavy (non-hydrogen) atoms. The molecule has 1 N–H and O–H groups in total. The van der Waals surface area contributed by atoms with Crippen LogP contribution in [0, 0.1) is 5.92 Å². The molecule has 1 amide bonds. The zero-order valence-corrected chi connectivity index (χ0v) is 12.4. The van der Waals surface area contributed by atoms with Crippen molar-refractivity contribution >= 4 is 5.91 Å². The largest absolute Gasteiger partial charge is 0.360 e. The summed E-state index contributed by atoms with van der Waals surface area (Å²) in [5.74, 6) is 1.71. The second-order valence-corrected chi connectivity index (χ2v) is 6.49. The van der Waals surface area contributed by atoms with Crippen molar-refractivity contribution in [3.05, 3.63) is 17.5 Å². The van der Waals surface area contributed by atoms with Gasteiger partial charge in [0, 0.05) is 37.2 Å². The molecule has 2 heterocycles. The van der Waals surface area contributed by atoms with Crippen molar-refractivity contribution in [1.82, 2.24) is 15.4 Å². The van der Waals surface area contributed by atoms with Gasteiger partial charge in [0.2, 0.25) is 0 Å². The SMILES string of the molecule is CC1CN(C(C)C)CC1NC(=O)c1cc(C2CC2)on1. The number of rotatable bonds is 4.